The molecule has 2 fully saturated rings. The van der Waals surface area contributed by atoms with Gasteiger partial charge in [0.05, 0.1) is 6.61 Å². The van der Waals surface area contributed by atoms with E-state index in [4.69, 9.17) is 4.74 Å². The molecule has 1 N–H and O–H groups in total. The first-order chi connectivity index (χ1) is 9.65. The first-order valence-corrected chi connectivity index (χ1v) is 8.33. The van der Waals surface area contributed by atoms with Crippen LogP contribution in [-0.4, -0.2) is 42.8 Å². The van der Waals surface area contributed by atoms with E-state index in [0.717, 1.165) is 37.8 Å². The lowest BCUT2D eigenvalue weighted by molar-refractivity contribution is 0.0935. The largest absolute Gasteiger partial charge is 0.450 e. The number of ether oxygens (including phenoxy) is 1. The van der Waals surface area contributed by atoms with E-state index in [1.54, 1.807) is 0 Å². The van der Waals surface area contributed by atoms with Crippen LogP contribution >= 0.6 is 0 Å². The van der Waals surface area contributed by atoms with Gasteiger partial charge in [-0.3, -0.25) is 0 Å². The van der Waals surface area contributed by atoms with Crippen molar-refractivity contribution in [2.75, 3.05) is 19.7 Å². The molecule has 0 bridgehead atoms. The third-order valence-corrected chi connectivity index (χ3v) is 5.22. The van der Waals surface area contributed by atoms with Crippen LogP contribution < -0.4 is 5.32 Å². The van der Waals surface area contributed by atoms with Crippen LogP contribution in [0.4, 0.5) is 4.79 Å². The lowest BCUT2D eigenvalue weighted by Crippen LogP contribution is -2.48. The number of hydrogen-bond acceptors (Lipinski definition) is 3. The van der Waals surface area contributed by atoms with Crippen molar-refractivity contribution in [3.05, 3.63) is 0 Å². The second-order valence-electron chi connectivity index (χ2n) is 6.34. The minimum atomic E-state index is -0.147. The zero-order valence-corrected chi connectivity index (χ0v) is 13.2. The second-order valence-corrected chi connectivity index (χ2v) is 6.34. The fourth-order valence-electron chi connectivity index (χ4n) is 3.81. The first-order valence-electron chi connectivity index (χ1n) is 8.33. The summed E-state index contributed by atoms with van der Waals surface area (Å²) < 4.78 is 5.06. The molecule has 3 unspecified atom stereocenters. The Bertz CT molecular complexity index is 314. The maximum Gasteiger partial charge on any atom is 0.409 e. The Hall–Kier alpha value is -0.770. The summed E-state index contributed by atoms with van der Waals surface area (Å²) in [5.74, 6) is 1.69. The van der Waals surface area contributed by atoms with Crippen molar-refractivity contribution in [2.24, 2.45) is 11.8 Å². The predicted molar refractivity (Wildman–Crippen MR) is 80.7 cm³/mol. The summed E-state index contributed by atoms with van der Waals surface area (Å²) in [5, 5.41) is 3.84. The molecular weight excluding hydrogens is 252 g/mol. The average molecular weight is 282 g/mol. The van der Waals surface area contributed by atoms with Crippen LogP contribution in [-0.2, 0) is 4.74 Å². The molecule has 1 aliphatic carbocycles. The molecule has 0 radical (unpaired) electrons. The Morgan fingerprint density at radius 3 is 2.45 bits per heavy atom. The topological polar surface area (TPSA) is 41.6 Å². The van der Waals surface area contributed by atoms with Gasteiger partial charge in [0.25, 0.3) is 0 Å². The van der Waals surface area contributed by atoms with Gasteiger partial charge in [-0.2, -0.15) is 0 Å². The maximum atomic E-state index is 11.7. The molecule has 1 aliphatic heterocycles. The van der Waals surface area contributed by atoms with Gasteiger partial charge in [0.1, 0.15) is 0 Å². The van der Waals surface area contributed by atoms with Crippen LogP contribution in [0.1, 0.15) is 52.9 Å². The Balaban J connectivity index is 1.73. The smallest absolute Gasteiger partial charge is 0.409 e. The van der Waals surface area contributed by atoms with Gasteiger partial charge in [-0.15, -0.1) is 0 Å². The number of amides is 1. The fourth-order valence-corrected chi connectivity index (χ4v) is 3.81. The normalized spacial score (nSPS) is 31.6. The molecule has 2 aliphatic rings. The summed E-state index contributed by atoms with van der Waals surface area (Å²) >= 11 is 0. The zero-order valence-electron chi connectivity index (χ0n) is 13.2. The number of piperidine rings is 1. The molecule has 4 nitrogen and oxygen atoms in total. The Labute approximate surface area is 123 Å². The van der Waals surface area contributed by atoms with Gasteiger partial charge in [0, 0.05) is 25.2 Å². The number of carbonyl (C=O) groups excluding carboxylic acids is 1. The molecule has 1 saturated carbocycles. The molecular formula is C16H30N2O2. The fraction of sp³-hybridized carbons (Fsp3) is 0.938. The quantitative estimate of drug-likeness (QED) is 0.862. The van der Waals surface area contributed by atoms with E-state index in [2.05, 4.69) is 19.2 Å². The number of rotatable bonds is 4. The summed E-state index contributed by atoms with van der Waals surface area (Å²) in [5.41, 5.74) is 0. The number of likely N-dealkylation sites (tertiary alicyclic amines) is 1. The van der Waals surface area contributed by atoms with Crippen LogP contribution in [0, 0.1) is 11.8 Å². The van der Waals surface area contributed by atoms with Crippen molar-refractivity contribution in [1.82, 2.24) is 10.2 Å². The number of nitrogens with zero attached hydrogens (tertiary/aromatic N) is 1. The molecule has 116 valence electrons. The van der Waals surface area contributed by atoms with Gasteiger partial charge in [-0.05, 0) is 44.4 Å². The van der Waals surface area contributed by atoms with E-state index in [1.807, 2.05) is 11.8 Å². The minimum absolute atomic E-state index is 0.147. The van der Waals surface area contributed by atoms with Gasteiger partial charge in [0.2, 0.25) is 0 Å². The van der Waals surface area contributed by atoms with Crippen LogP contribution in [0.2, 0.25) is 0 Å². The third-order valence-electron chi connectivity index (χ3n) is 5.22. The molecule has 1 saturated heterocycles. The van der Waals surface area contributed by atoms with E-state index in [1.165, 1.54) is 19.3 Å². The van der Waals surface area contributed by atoms with Crippen LogP contribution in [0.25, 0.3) is 0 Å². The van der Waals surface area contributed by atoms with E-state index < -0.39 is 0 Å². The first kappa shape index (κ1) is 15.6. The van der Waals surface area contributed by atoms with Crippen molar-refractivity contribution in [2.45, 2.75) is 65.0 Å². The van der Waals surface area contributed by atoms with E-state index in [-0.39, 0.29) is 6.09 Å². The summed E-state index contributed by atoms with van der Waals surface area (Å²) in [6, 6.07) is 1.25. The lowest BCUT2D eigenvalue weighted by Gasteiger charge is -2.34. The number of hydrogen-bond donors (Lipinski definition) is 1. The van der Waals surface area contributed by atoms with Gasteiger partial charge in [0.15, 0.2) is 0 Å². The van der Waals surface area contributed by atoms with Crippen molar-refractivity contribution in [3.63, 3.8) is 0 Å². The van der Waals surface area contributed by atoms with Crippen molar-refractivity contribution >= 4 is 6.09 Å². The molecule has 1 heterocycles. The summed E-state index contributed by atoms with van der Waals surface area (Å²) in [4.78, 5) is 13.5. The number of nitrogens with one attached hydrogen (secondary N) is 1. The second kappa shape index (κ2) is 7.30. The van der Waals surface area contributed by atoms with Crippen LogP contribution in [0.5, 0.6) is 0 Å². The molecule has 0 aromatic rings. The molecule has 4 heteroatoms. The summed E-state index contributed by atoms with van der Waals surface area (Å²) in [6.45, 7) is 8.68. The highest BCUT2D eigenvalue weighted by molar-refractivity contribution is 5.67. The van der Waals surface area contributed by atoms with Gasteiger partial charge < -0.3 is 15.0 Å². The highest BCUT2D eigenvalue weighted by atomic mass is 16.6. The van der Waals surface area contributed by atoms with Crippen molar-refractivity contribution < 1.29 is 9.53 Å². The molecule has 0 aromatic carbocycles. The minimum Gasteiger partial charge on any atom is -0.450 e. The molecule has 0 aromatic heterocycles. The van der Waals surface area contributed by atoms with E-state index in [0.29, 0.717) is 18.7 Å². The molecule has 2 rings (SSSR count). The molecule has 20 heavy (non-hydrogen) atoms. The summed E-state index contributed by atoms with van der Waals surface area (Å²) in [7, 11) is 0. The standard InChI is InChI=1S/C16H30N2O2/c1-4-13-6-7-15(12(13)3)17-14-8-10-18(11-9-14)16(19)20-5-2/h12-15,17H,4-11H2,1-3H3. The monoisotopic (exact) mass is 282 g/mol. The predicted octanol–water partition coefficient (Wildman–Crippen LogP) is 3.02. The Morgan fingerprint density at radius 1 is 1.20 bits per heavy atom. The van der Waals surface area contributed by atoms with Gasteiger partial charge >= 0.3 is 6.09 Å². The molecule has 3 atom stereocenters. The average Bonchev–Trinajstić information content (AvgIpc) is 2.80. The lowest BCUT2D eigenvalue weighted by atomic mass is 9.92. The zero-order chi connectivity index (χ0) is 14.5. The highest BCUT2D eigenvalue weighted by Crippen LogP contribution is 2.34. The SMILES string of the molecule is CCOC(=O)N1CCC(NC2CCC(CC)C2C)CC1. The number of carbonyl (C=O) groups is 1. The Kier molecular flexibility index (Phi) is 5.70. The van der Waals surface area contributed by atoms with Gasteiger partial charge in [-0.25, -0.2) is 4.79 Å². The van der Waals surface area contributed by atoms with E-state index >= 15 is 0 Å². The highest BCUT2D eigenvalue weighted by Gasteiger charge is 2.33. The van der Waals surface area contributed by atoms with Crippen LogP contribution in [0.3, 0.4) is 0 Å². The van der Waals surface area contributed by atoms with Crippen LogP contribution in [0.15, 0.2) is 0 Å². The van der Waals surface area contributed by atoms with Crippen molar-refractivity contribution in [3.8, 4) is 0 Å². The Morgan fingerprint density at radius 2 is 1.90 bits per heavy atom. The summed E-state index contributed by atoms with van der Waals surface area (Å²) in [6.07, 6.45) is 5.96. The molecule has 0 spiro atoms. The van der Waals surface area contributed by atoms with Crippen molar-refractivity contribution in [1.29, 1.82) is 0 Å². The molecule has 1 amide bonds. The van der Waals surface area contributed by atoms with Gasteiger partial charge in [-0.1, -0.05) is 20.3 Å². The van der Waals surface area contributed by atoms with E-state index in [9.17, 15) is 4.79 Å². The third kappa shape index (κ3) is 3.66. The maximum absolute atomic E-state index is 11.7.